The molecule has 0 N–H and O–H groups in total. The molecule has 1 saturated carbocycles. The van der Waals surface area contributed by atoms with Crippen LogP contribution in [-0.4, -0.2) is 23.5 Å². The summed E-state index contributed by atoms with van der Waals surface area (Å²) in [5.41, 5.74) is 0.662. The Morgan fingerprint density at radius 3 is 2.70 bits per heavy atom. The second-order valence-corrected chi connectivity index (χ2v) is 6.39. The van der Waals surface area contributed by atoms with Gasteiger partial charge in [-0.1, -0.05) is 30.3 Å². The van der Waals surface area contributed by atoms with Crippen LogP contribution in [0.5, 0.6) is 0 Å². The standard InChI is InChI=1S/C16H18O4/c1-15(2)19-14(17)11-8-13-16(11,20-15)9-12(18-13)10-6-4-3-5-7-10/h3-7,11-13H,8-9H2,1-2H3/t11-,12-,13+,16+/m0/s1. The molecule has 4 rings (SSSR count). The number of carbonyl (C=O) groups excluding carboxylic acids is 1. The third-order valence-corrected chi connectivity index (χ3v) is 4.66. The van der Waals surface area contributed by atoms with Crippen molar-refractivity contribution >= 4 is 5.97 Å². The Morgan fingerprint density at radius 2 is 1.95 bits per heavy atom. The molecular formula is C16H18O4. The number of ether oxygens (including phenoxy) is 3. The summed E-state index contributed by atoms with van der Waals surface area (Å²) in [5.74, 6) is -1.18. The van der Waals surface area contributed by atoms with Crippen molar-refractivity contribution in [3.05, 3.63) is 35.9 Å². The second kappa shape index (κ2) is 3.83. The summed E-state index contributed by atoms with van der Waals surface area (Å²) in [7, 11) is 0. The summed E-state index contributed by atoms with van der Waals surface area (Å²) in [6.07, 6.45) is 1.45. The molecule has 106 valence electrons. The van der Waals surface area contributed by atoms with Crippen LogP contribution in [0.15, 0.2) is 30.3 Å². The zero-order valence-corrected chi connectivity index (χ0v) is 11.7. The van der Waals surface area contributed by atoms with Crippen molar-refractivity contribution in [1.82, 2.24) is 0 Å². The molecule has 0 unspecified atom stereocenters. The van der Waals surface area contributed by atoms with Gasteiger partial charge >= 0.3 is 5.97 Å². The molecule has 1 aliphatic carbocycles. The number of cyclic esters (lactones) is 1. The van der Waals surface area contributed by atoms with Gasteiger partial charge in [0.2, 0.25) is 5.79 Å². The van der Waals surface area contributed by atoms with Crippen LogP contribution in [0.4, 0.5) is 0 Å². The number of hydrogen-bond acceptors (Lipinski definition) is 4. The van der Waals surface area contributed by atoms with Crippen LogP contribution >= 0.6 is 0 Å². The second-order valence-electron chi connectivity index (χ2n) is 6.39. The van der Waals surface area contributed by atoms with E-state index in [0.29, 0.717) is 6.42 Å². The van der Waals surface area contributed by atoms with Crippen molar-refractivity contribution in [1.29, 1.82) is 0 Å². The van der Waals surface area contributed by atoms with E-state index < -0.39 is 11.4 Å². The van der Waals surface area contributed by atoms with Crippen LogP contribution < -0.4 is 0 Å². The Morgan fingerprint density at radius 1 is 1.20 bits per heavy atom. The number of rotatable bonds is 1. The lowest BCUT2D eigenvalue weighted by Gasteiger charge is -2.55. The summed E-state index contributed by atoms with van der Waals surface area (Å²) in [6.45, 7) is 3.59. The first-order valence-electron chi connectivity index (χ1n) is 7.14. The first-order chi connectivity index (χ1) is 9.50. The average Bonchev–Trinajstić information content (AvgIpc) is 2.63. The monoisotopic (exact) mass is 274 g/mol. The third kappa shape index (κ3) is 1.58. The Kier molecular flexibility index (Phi) is 2.37. The van der Waals surface area contributed by atoms with Crippen LogP contribution in [0.2, 0.25) is 0 Å². The highest BCUT2D eigenvalue weighted by Gasteiger charge is 2.70. The smallest absolute Gasteiger partial charge is 0.314 e. The highest BCUT2D eigenvalue weighted by Crippen LogP contribution is 2.59. The molecule has 1 aromatic rings. The molecule has 4 atom stereocenters. The van der Waals surface area contributed by atoms with Crippen molar-refractivity contribution in [3.63, 3.8) is 0 Å². The van der Waals surface area contributed by atoms with Gasteiger partial charge in [-0.15, -0.1) is 0 Å². The van der Waals surface area contributed by atoms with Crippen LogP contribution in [-0.2, 0) is 19.0 Å². The van der Waals surface area contributed by atoms with Gasteiger partial charge in [-0.05, 0) is 12.0 Å². The van der Waals surface area contributed by atoms with E-state index in [-0.39, 0.29) is 24.1 Å². The number of hydrogen-bond donors (Lipinski definition) is 0. The molecule has 0 bridgehead atoms. The molecule has 4 nitrogen and oxygen atoms in total. The van der Waals surface area contributed by atoms with Gasteiger partial charge in [-0.2, -0.15) is 0 Å². The molecule has 2 saturated heterocycles. The SMILES string of the molecule is CC1(C)OC(=O)[C@@H]2C[C@H]3O[C@H](c4ccccc4)C[C@]32O1. The molecule has 2 aliphatic heterocycles. The molecule has 4 heteroatoms. The Labute approximate surface area is 118 Å². The fourth-order valence-corrected chi connectivity index (χ4v) is 3.79. The largest absolute Gasteiger partial charge is 0.433 e. The van der Waals surface area contributed by atoms with Gasteiger partial charge in [0, 0.05) is 20.3 Å². The molecular weight excluding hydrogens is 256 g/mol. The fourth-order valence-electron chi connectivity index (χ4n) is 3.79. The summed E-state index contributed by atoms with van der Waals surface area (Å²) >= 11 is 0. The maximum atomic E-state index is 12.1. The van der Waals surface area contributed by atoms with E-state index in [9.17, 15) is 4.79 Å². The van der Waals surface area contributed by atoms with Gasteiger partial charge in [0.25, 0.3) is 0 Å². The van der Waals surface area contributed by atoms with E-state index >= 15 is 0 Å². The van der Waals surface area contributed by atoms with E-state index in [2.05, 4.69) is 12.1 Å². The van der Waals surface area contributed by atoms with Gasteiger partial charge in [-0.3, -0.25) is 4.79 Å². The molecule has 1 aromatic carbocycles. The molecule has 2 heterocycles. The minimum atomic E-state index is -0.860. The Balaban J connectivity index is 1.64. The van der Waals surface area contributed by atoms with Gasteiger partial charge in [-0.25, -0.2) is 0 Å². The molecule has 3 aliphatic rings. The van der Waals surface area contributed by atoms with Crippen molar-refractivity contribution in [2.45, 2.75) is 50.3 Å². The predicted octanol–water partition coefficient (Wildman–Crippen LogP) is 2.58. The fraction of sp³-hybridized carbons (Fsp3) is 0.562. The zero-order valence-electron chi connectivity index (χ0n) is 11.7. The van der Waals surface area contributed by atoms with Crippen LogP contribution in [0, 0.1) is 5.92 Å². The van der Waals surface area contributed by atoms with Gasteiger partial charge < -0.3 is 14.2 Å². The summed E-state index contributed by atoms with van der Waals surface area (Å²) < 4.78 is 17.6. The number of carbonyl (C=O) groups is 1. The lowest BCUT2D eigenvalue weighted by atomic mass is 9.64. The van der Waals surface area contributed by atoms with Crippen LogP contribution in [0.3, 0.4) is 0 Å². The predicted molar refractivity (Wildman–Crippen MR) is 70.8 cm³/mol. The van der Waals surface area contributed by atoms with Crippen LogP contribution in [0.25, 0.3) is 0 Å². The van der Waals surface area contributed by atoms with Gasteiger partial charge in [0.1, 0.15) is 5.60 Å². The van der Waals surface area contributed by atoms with Gasteiger partial charge in [0.15, 0.2) is 0 Å². The maximum Gasteiger partial charge on any atom is 0.314 e. The quantitative estimate of drug-likeness (QED) is 0.738. The van der Waals surface area contributed by atoms with Gasteiger partial charge in [0.05, 0.1) is 18.1 Å². The summed E-state index contributed by atoms with van der Waals surface area (Å²) in [5, 5.41) is 0. The minimum Gasteiger partial charge on any atom is -0.433 e. The van der Waals surface area contributed by atoms with Crippen molar-refractivity contribution in [2.24, 2.45) is 5.92 Å². The van der Waals surface area contributed by atoms with E-state index in [1.54, 1.807) is 13.8 Å². The minimum absolute atomic E-state index is 0.00447. The van der Waals surface area contributed by atoms with E-state index in [1.165, 1.54) is 0 Å². The van der Waals surface area contributed by atoms with Crippen molar-refractivity contribution in [2.75, 3.05) is 0 Å². The summed E-state index contributed by atoms with van der Waals surface area (Å²) in [4.78, 5) is 12.1. The Bertz CT molecular complexity index is 553. The topological polar surface area (TPSA) is 44.8 Å². The average molecular weight is 274 g/mol. The highest BCUT2D eigenvalue weighted by molar-refractivity contribution is 5.77. The lowest BCUT2D eigenvalue weighted by molar-refractivity contribution is -0.342. The maximum absolute atomic E-state index is 12.1. The third-order valence-electron chi connectivity index (χ3n) is 4.66. The van der Waals surface area contributed by atoms with Crippen molar-refractivity contribution < 1.29 is 19.0 Å². The molecule has 0 radical (unpaired) electrons. The summed E-state index contributed by atoms with van der Waals surface area (Å²) in [6, 6.07) is 10.1. The lowest BCUT2D eigenvalue weighted by Crippen LogP contribution is -2.68. The van der Waals surface area contributed by atoms with E-state index in [0.717, 1.165) is 12.0 Å². The zero-order chi connectivity index (χ0) is 14.0. The Hall–Kier alpha value is -1.39. The normalized spacial score (nSPS) is 41.3. The molecule has 3 fully saturated rings. The van der Waals surface area contributed by atoms with E-state index in [1.807, 2.05) is 18.2 Å². The molecule has 0 amide bonds. The molecule has 0 aromatic heterocycles. The number of esters is 1. The first-order valence-corrected chi connectivity index (χ1v) is 7.14. The number of benzene rings is 1. The van der Waals surface area contributed by atoms with E-state index in [4.69, 9.17) is 14.2 Å². The van der Waals surface area contributed by atoms with Crippen molar-refractivity contribution in [3.8, 4) is 0 Å². The molecule has 1 spiro atoms. The van der Waals surface area contributed by atoms with Crippen LogP contribution in [0.1, 0.15) is 38.4 Å². The molecule has 20 heavy (non-hydrogen) atoms. The first kappa shape index (κ1) is 12.4. The highest BCUT2D eigenvalue weighted by atomic mass is 16.7.